The summed E-state index contributed by atoms with van der Waals surface area (Å²) in [6.07, 6.45) is 0. The molecule has 0 aliphatic rings. The largest absolute Gasteiger partial charge is 0.269 e. The van der Waals surface area contributed by atoms with Crippen molar-refractivity contribution < 1.29 is 0 Å². The van der Waals surface area contributed by atoms with E-state index < -0.39 is 0 Å². The minimum Gasteiger partial charge on any atom is -0.269 e. The second kappa shape index (κ2) is 4.78. The van der Waals surface area contributed by atoms with E-state index in [4.69, 9.17) is 0 Å². The Labute approximate surface area is 105 Å². The van der Waals surface area contributed by atoms with E-state index in [1.807, 2.05) is 14.8 Å². The molecule has 0 aliphatic carbocycles. The Morgan fingerprint density at radius 1 is 1.06 bits per heavy atom. The van der Waals surface area contributed by atoms with E-state index in [0.717, 1.165) is 29.7 Å². The molecule has 0 aromatic carbocycles. The first-order chi connectivity index (χ1) is 8.08. The molecule has 2 heterocycles. The fraction of sp³-hybridized carbons (Fsp3) is 0.167. The average molecular weight is 220 g/mol. The lowest BCUT2D eigenvalue weighted by molar-refractivity contribution is 1.23. The normalized spacial score (nSPS) is 10.2. The van der Waals surface area contributed by atoms with Gasteiger partial charge in [0.15, 0.2) is 7.85 Å². The van der Waals surface area contributed by atoms with Crippen molar-refractivity contribution in [2.75, 3.05) is 0 Å². The maximum atomic E-state index is 4.59. The third-order valence-corrected chi connectivity index (χ3v) is 2.76. The van der Waals surface area contributed by atoms with E-state index in [-0.39, 0.29) is 0 Å². The number of nitrogens with zero attached hydrogens (tertiary/aromatic N) is 2. The lowest BCUT2D eigenvalue weighted by atomic mass is 9.53. The van der Waals surface area contributed by atoms with E-state index in [1.165, 1.54) is 11.1 Å². The Kier molecular flexibility index (Phi) is 3.37. The van der Waals surface area contributed by atoms with Crippen LogP contribution in [0.15, 0.2) is 24.3 Å². The summed E-state index contributed by atoms with van der Waals surface area (Å²) in [7, 11) is 5.12. The van der Waals surface area contributed by atoms with Crippen molar-refractivity contribution >= 4 is 33.9 Å². The number of hydrogen-bond donors (Lipinski definition) is 0. The summed E-state index contributed by atoms with van der Waals surface area (Å²) in [6, 6.07) is 8.45. The molecular weight excluding hydrogens is 205 g/mol. The van der Waals surface area contributed by atoms with Crippen molar-refractivity contribution in [2.24, 2.45) is 0 Å². The number of pyridine rings is 2. The molecule has 0 N–H and O–H groups in total. The molecule has 0 unspecified atom stereocenters. The average Bonchev–Trinajstić information content (AvgIpc) is 2.26. The molecule has 0 aliphatic heterocycles. The van der Waals surface area contributed by atoms with Crippen LogP contribution in [-0.2, 0) is 0 Å². The molecule has 0 radical (unpaired) electrons. The van der Waals surface area contributed by atoms with Crippen LogP contribution in [0.4, 0.5) is 0 Å². The van der Waals surface area contributed by atoms with Crippen molar-refractivity contribution in [3.63, 3.8) is 0 Å². The molecule has 0 saturated heterocycles. The van der Waals surface area contributed by atoms with Gasteiger partial charge in [-0.1, -0.05) is 0 Å². The van der Waals surface area contributed by atoms with E-state index >= 15 is 0 Å². The molecule has 5 heteroatoms. The molecule has 2 rings (SSSR count). The molecule has 0 bridgehead atoms. The molecule has 0 atom stereocenters. The van der Waals surface area contributed by atoms with Crippen LogP contribution < -0.4 is 11.2 Å². The van der Waals surface area contributed by atoms with E-state index in [0.29, 0.717) is 0 Å². The molecule has 2 nitrogen and oxygen atoms in total. The number of aryl methyl sites for hydroxylation is 2. The van der Waals surface area contributed by atoms with Gasteiger partial charge in [-0.2, -0.15) is 0 Å². The lowest BCUT2D eigenvalue weighted by Gasteiger charge is -2.07. The quantitative estimate of drug-likeness (QED) is 0.583. The Morgan fingerprint density at radius 2 is 1.82 bits per heavy atom. The van der Waals surface area contributed by atoms with Gasteiger partial charge in [0.1, 0.15) is 7.17 Å². The first kappa shape index (κ1) is 12.0. The van der Waals surface area contributed by atoms with E-state index in [1.54, 1.807) is 0 Å². The summed E-state index contributed by atoms with van der Waals surface area (Å²) in [4.78, 5) is 9.09. The number of rotatable bonds is 2. The molecule has 0 amide bonds. The first-order valence-corrected chi connectivity index (χ1v) is 6.01. The summed E-state index contributed by atoms with van der Waals surface area (Å²) in [6.45, 7) is 4.14. The molecule has 17 heavy (non-hydrogen) atoms. The fourth-order valence-corrected chi connectivity index (χ4v) is 2.06. The monoisotopic (exact) mass is 220 g/mol. The maximum Gasteiger partial charge on any atom is 0.163 e. The summed E-state index contributed by atoms with van der Waals surface area (Å²) in [5.41, 5.74) is 6.71. The van der Waals surface area contributed by atoms with Crippen LogP contribution in [0.5, 0.6) is 0 Å². The summed E-state index contributed by atoms with van der Waals surface area (Å²) in [5, 5.41) is 0. The van der Waals surface area contributed by atoms with Crippen LogP contribution in [-0.4, -0.2) is 32.7 Å². The molecule has 82 valence electrons. The van der Waals surface area contributed by atoms with Crippen LogP contribution in [0.1, 0.15) is 11.3 Å². The zero-order valence-electron chi connectivity index (χ0n) is 10.9. The minimum absolute atomic E-state index is 0.958. The third-order valence-electron chi connectivity index (χ3n) is 2.76. The van der Waals surface area contributed by atoms with Crippen LogP contribution in [0.25, 0.3) is 11.3 Å². The molecule has 2 aromatic heterocycles. The van der Waals surface area contributed by atoms with Crippen LogP contribution in [0, 0.1) is 13.8 Å². The number of aromatic nitrogens is 2. The predicted octanol–water partition coefficient (Wildman–Crippen LogP) is -1.37. The van der Waals surface area contributed by atoms with Gasteiger partial charge in [0.05, 0.1) is 13.4 Å². The van der Waals surface area contributed by atoms with Gasteiger partial charge in [0, 0.05) is 11.3 Å². The van der Waals surface area contributed by atoms with Gasteiger partial charge in [0.25, 0.3) is 0 Å². The zero-order chi connectivity index (χ0) is 12.4. The Morgan fingerprint density at radius 3 is 2.47 bits per heavy atom. The highest BCUT2D eigenvalue weighted by Crippen LogP contribution is 2.16. The highest BCUT2D eigenvalue weighted by Gasteiger charge is 2.04. The Bertz CT molecular complexity index is 535. The first-order valence-electron chi connectivity index (χ1n) is 6.01. The maximum absolute atomic E-state index is 4.59. The second-order valence-corrected chi connectivity index (χ2v) is 4.51. The van der Waals surface area contributed by atoms with Gasteiger partial charge in [-0.3, -0.25) is 9.97 Å². The predicted molar refractivity (Wildman–Crippen MR) is 80.4 cm³/mol. The molecule has 0 spiro atoms. The number of hydrogen-bond acceptors (Lipinski definition) is 2. The Balaban J connectivity index is 2.55. The second-order valence-electron chi connectivity index (χ2n) is 4.51. The van der Waals surface area contributed by atoms with Crippen molar-refractivity contribution in [1.29, 1.82) is 0 Å². The van der Waals surface area contributed by atoms with Crippen LogP contribution in [0.2, 0.25) is 0 Å². The van der Waals surface area contributed by atoms with Crippen molar-refractivity contribution in [1.82, 2.24) is 9.97 Å². The highest BCUT2D eigenvalue weighted by atomic mass is 14.7. The van der Waals surface area contributed by atoms with E-state index in [9.17, 15) is 0 Å². The van der Waals surface area contributed by atoms with Crippen molar-refractivity contribution in [2.45, 2.75) is 13.8 Å². The third kappa shape index (κ3) is 2.79. The van der Waals surface area contributed by atoms with Gasteiger partial charge < -0.3 is 0 Å². The van der Waals surface area contributed by atoms with Crippen molar-refractivity contribution in [3.8, 4) is 11.3 Å². The Hall–Kier alpha value is -1.51. The summed E-state index contributed by atoms with van der Waals surface area (Å²) < 4.78 is 0. The highest BCUT2D eigenvalue weighted by molar-refractivity contribution is 6.97. The van der Waals surface area contributed by atoms with Gasteiger partial charge in [-0.05, 0) is 54.9 Å². The minimum atomic E-state index is 0.958. The smallest absolute Gasteiger partial charge is 0.163 e. The molecular formula is C12H15B3N2. The van der Waals surface area contributed by atoms with Gasteiger partial charge in [-0.25, -0.2) is 0 Å². The van der Waals surface area contributed by atoms with Crippen molar-refractivity contribution in [3.05, 3.63) is 35.5 Å². The van der Waals surface area contributed by atoms with Gasteiger partial charge in [0.2, 0.25) is 0 Å². The van der Waals surface area contributed by atoms with E-state index in [2.05, 4.69) is 48.9 Å². The summed E-state index contributed by atoms with van der Waals surface area (Å²) in [5.74, 6) is 0. The molecule has 2 aromatic rings. The fourth-order valence-electron chi connectivity index (χ4n) is 2.06. The summed E-state index contributed by atoms with van der Waals surface area (Å²) >= 11 is 0. The van der Waals surface area contributed by atoms with Gasteiger partial charge >= 0.3 is 0 Å². The van der Waals surface area contributed by atoms with Crippen LogP contribution in [0.3, 0.4) is 0 Å². The standard InChI is InChI=1S/C12H15B3N2/c1-7-3-10(17-11(13)4-7)9-5-8(2)16-12(6-9)15-14/h3-6,15H,13-14H2,1-2H3. The molecule has 0 saturated carbocycles. The van der Waals surface area contributed by atoms with Gasteiger partial charge in [-0.15, -0.1) is 0 Å². The zero-order valence-corrected chi connectivity index (χ0v) is 10.9. The van der Waals surface area contributed by atoms with Crippen LogP contribution >= 0.6 is 0 Å². The molecule has 0 fully saturated rings. The lowest BCUT2D eigenvalue weighted by Crippen LogP contribution is -2.20. The SMILES string of the molecule is BBc1cc(-c2cc(C)cc(B)n2)cc(C)n1. The topological polar surface area (TPSA) is 25.8 Å².